The molecule has 0 fully saturated rings. The minimum absolute atomic E-state index is 0.136. The Bertz CT molecular complexity index is 763. The lowest BCUT2D eigenvalue weighted by Gasteiger charge is -2.06. The molecule has 5 heteroatoms. The summed E-state index contributed by atoms with van der Waals surface area (Å²) in [6, 6.07) is 15.5. The molecule has 0 unspecified atom stereocenters. The molecule has 1 aromatic heterocycles. The average Bonchev–Trinajstić information content (AvgIpc) is 2.83. The first kappa shape index (κ1) is 12.2. The second-order valence-corrected chi connectivity index (χ2v) is 4.55. The molecule has 3 rings (SSSR count). The van der Waals surface area contributed by atoms with Crippen molar-refractivity contribution in [3.05, 3.63) is 54.7 Å². The number of rotatable bonds is 3. The van der Waals surface area contributed by atoms with Crippen LogP contribution in [-0.2, 0) is 11.3 Å². The molecule has 2 aromatic carbocycles. The molecule has 0 bridgehead atoms. The maximum atomic E-state index is 11.9. The maximum absolute atomic E-state index is 11.9. The SMILES string of the molecule is Nc1ccn(CC(=O)Nc2ccc3ccccc3c2)n1. The molecule has 3 aromatic rings. The minimum Gasteiger partial charge on any atom is -0.382 e. The Kier molecular flexibility index (Phi) is 3.09. The fourth-order valence-corrected chi connectivity index (χ4v) is 2.08. The first-order valence-corrected chi connectivity index (χ1v) is 6.28. The van der Waals surface area contributed by atoms with Gasteiger partial charge < -0.3 is 11.1 Å². The monoisotopic (exact) mass is 266 g/mol. The fraction of sp³-hybridized carbons (Fsp3) is 0.0667. The number of nitrogens with zero attached hydrogens (tertiary/aromatic N) is 2. The summed E-state index contributed by atoms with van der Waals surface area (Å²) in [5, 5.41) is 9.06. The second-order valence-electron chi connectivity index (χ2n) is 4.55. The normalized spacial score (nSPS) is 10.6. The number of amides is 1. The first-order valence-electron chi connectivity index (χ1n) is 6.28. The number of fused-ring (bicyclic) bond motifs is 1. The number of carbonyl (C=O) groups is 1. The average molecular weight is 266 g/mol. The molecule has 1 amide bonds. The lowest BCUT2D eigenvalue weighted by Crippen LogP contribution is -2.19. The highest BCUT2D eigenvalue weighted by atomic mass is 16.2. The van der Waals surface area contributed by atoms with Gasteiger partial charge in [0.2, 0.25) is 5.91 Å². The van der Waals surface area contributed by atoms with Gasteiger partial charge in [0.15, 0.2) is 0 Å². The van der Waals surface area contributed by atoms with Crippen molar-refractivity contribution in [1.29, 1.82) is 0 Å². The molecule has 0 atom stereocenters. The molecule has 0 aliphatic carbocycles. The van der Waals surface area contributed by atoms with Crippen LogP contribution in [0.2, 0.25) is 0 Å². The zero-order chi connectivity index (χ0) is 13.9. The first-order chi connectivity index (χ1) is 9.70. The van der Waals surface area contributed by atoms with Gasteiger partial charge in [-0.25, -0.2) is 0 Å². The quantitative estimate of drug-likeness (QED) is 0.763. The molecule has 0 radical (unpaired) electrons. The number of nitrogens with one attached hydrogen (secondary N) is 1. The van der Waals surface area contributed by atoms with Crippen LogP contribution in [0.1, 0.15) is 0 Å². The number of aromatic nitrogens is 2. The number of nitrogen functional groups attached to an aromatic ring is 1. The van der Waals surface area contributed by atoms with Crippen LogP contribution < -0.4 is 11.1 Å². The van der Waals surface area contributed by atoms with E-state index in [0.29, 0.717) is 5.82 Å². The summed E-state index contributed by atoms with van der Waals surface area (Å²) in [4.78, 5) is 11.9. The van der Waals surface area contributed by atoms with E-state index >= 15 is 0 Å². The highest BCUT2D eigenvalue weighted by molar-refractivity contribution is 5.94. The van der Waals surface area contributed by atoms with Crippen molar-refractivity contribution in [3.63, 3.8) is 0 Å². The highest BCUT2D eigenvalue weighted by Gasteiger charge is 2.05. The van der Waals surface area contributed by atoms with E-state index in [2.05, 4.69) is 10.4 Å². The van der Waals surface area contributed by atoms with Crippen molar-refractivity contribution in [3.8, 4) is 0 Å². The van der Waals surface area contributed by atoms with Crippen LogP contribution in [0, 0.1) is 0 Å². The summed E-state index contributed by atoms with van der Waals surface area (Å²) in [6.07, 6.45) is 1.68. The molecule has 20 heavy (non-hydrogen) atoms. The van der Waals surface area contributed by atoms with Gasteiger partial charge >= 0.3 is 0 Å². The zero-order valence-electron chi connectivity index (χ0n) is 10.8. The largest absolute Gasteiger partial charge is 0.382 e. The Morgan fingerprint density at radius 1 is 1.15 bits per heavy atom. The third kappa shape index (κ3) is 2.61. The van der Waals surface area contributed by atoms with Gasteiger partial charge in [-0.1, -0.05) is 30.3 Å². The van der Waals surface area contributed by atoms with Gasteiger partial charge in [-0.3, -0.25) is 9.48 Å². The molecular weight excluding hydrogens is 252 g/mol. The van der Waals surface area contributed by atoms with Crippen molar-refractivity contribution in [1.82, 2.24) is 9.78 Å². The van der Waals surface area contributed by atoms with Crippen molar-refractivity contribution in [2.24, 2.45) is 0 Å². The van der Waals surface area contributed by atoms with Gasteiger partial charge in [-0.15, -0.1) is 0 Å². The number of benzene rings is 2. The predicted octanol–water partition coefficient (Wildman–Crippen LogP) is 2.26. The Morgan fingerprint density at radius 3 is 2.70 bits per heavy atom. The van der Waals surface area contributed by atoms with Crippen LogP contribution in [0.25, 0.3) is 10.8 Å². The second kappa shape index (κ2) is 5.05. The van der Waals surface area contributed by atoms with E-state index in [4.69, 9.17) is 5.73 Å². The maximum Gasteiger partial charge on any atom is 0.246 e. The van der Waals surface area contributed by atoms with Crippen LogP contribution in [0.3, 0.4) is 0 Å². The predicted molar refractivity (Wildman–Crippen MR) is 79.2 cm³/mol. The van der Waals surface area contributed by atoms with Gasteiger partial charge in [0, 0.05) is 11.9 Å². The summed E-state index contributed by atoms with van der Waals surface area (Å²) < 4.78 is 1.51. The van der Waals surface area contributed by atoms with Gasteiger partial charge in [-0.2, -0.15) is 5.10 Å². The molecule has 0 saturated carbocycles. The molecule has 0 aliphatic heterocycles. The molecule has 0 saturated heterocycles. The van der Waals surface area contributed by atoms with E-state index in [9.17, 15) is 4.79 Å². The summed E-state index contributed by atoms with van der Waals surface area (Å²) in [5.74, 6) is 0.270. The highest BCUT2D eigenvalue weighted by Crippen LogP contribution is 2.18. The van der Waals surface area contributed by atoms with E-state index < -0.39 is 0 Å². The number of carbonyl (C=O) groups excluding carboxylic acids is 1. The van der Waals surface area contributed by atoms with Crippen LogP contribution in [0.15, 0.2) is 54.7 Å². The van der Waals surface area contributed by atoms with Crippen molar-refractivity contribution < 1.29 is 4.79 Å². The van der Waals surface area contributed by atoms with Crippen LogP contribution in [0.5, 0.6) is 0 Å². The number of nitrogens with two attached hydrogens (primary N) is 1. The topological polar surface area (TPSA) is 72.9 Å². The van der Waals surface area contributed by atoms with Crippen LogP contribution in [-0.4, -0.2) is 15.7 Å². The Balaban J connectivity index is 1.73. The summed E-state index contributed by atoms with van der Waals surface area (Å²) in [6.45, 7) is 0.143. The lowest BCUT2D eigenvalue weighted by molar-refractivity contribution is -0.116. The van der Waals surface area contributed by atoms with E-state index in [1.807, 2.05) is 42.5 Å². The molecule has 1 heterocycles. The zero-order valence-corrected chi connectivity index (χ0v) is 10.8. The lowest BCUT2D eigenvalue weighted by atomic mass is 10.1. The van der Waals surface area contributed by atoms with Crippen molar-refractivity contribution >= 4 is 28.2 Å². The summed E-state index contributed by atoms with van der Waals surface area (Å²) >= 11 is 0. The van der Waals surface area contributed by atoms with Crippen LogP contribution >= 0.6 is 0 Å². The Morgan fingerprint density at radius 2 is 1.95 bits per heavy atom. The van der Waals surface area contributed by atoms with E-state index in [1.54, 1.807) is 12.3 Å². The molecule has 5 nitrogen and oxygen atoms in total. The summed E-state index contributed by atoms with van der Waals surface area (Å²) in [5.41, 5.74) is 6.28. The van der Waals surface area contributed by atoms with Crippen molar-refractivity contribution in [2.75, 3.05) is 11.1 Å². The Labute approximate surface area is 116 Å². The van der Waals surface area contributed by atoms with Gasteiger partial charge in [-0.05, 0) is 29.0 Å². The van der Waals surface area contributed by atoms with E-state index in [-0.39, 0.29) is 12.5 Å². The summed E-state index contributed by atoms with van der Waals surface area (Å²) in [7, 11) is 0. The smallest absolute Gasteiger partial charge is 0.246 e. The van der Waals surface area contributed by atoms with Crippen LogP contribution in [0.4, 0.5) is 11.5 Å². The molecule has 3 N–H and O–H groups in total. The van der Waals surface area contributed by atoms with Gasteiger partial charge in [0.25, 0.3) is 0 Å². The van der Waals surface area contributed by atoms with E-state index in [1.165, 1.54) is 4.68 Å². The molecule has 0 spiro atoms. The third-order valence-corrected chi connectivity index (χ3v) is 3.00. The van der Waals surface area contributed by atoms with Gasteiger partial charge in [0.1, 0.15) is 12.4 Å². The van der Waals surface area contributed by atoms with E-state index in [0.717, 1.165) is 16.5 Å². The standard InChI is InChI=1S/C15H14N4O/c16-14-7-8-19(18-14)10-15(20)17-13-6-5-11-3-1-2-4-12(11)9-13/h1-9H,10H2,(H2,16,18)(H,17,20). The van der Waals surface area contributed by atoms with Gasteiger partial charge in [0.05, 0.1) is 0 Å². The number of anilines is 2. The molecule has 100 valence electrons. The van der Waals surface area contributed by atoms with Crippen molar-refractivity contribution in [2.45, 2.75) is 6.54 Å². The number of hydrogen-bond donors (Lipinski definition) is 2. The number of hydrogen-bond acceptors (Lipinski definition) is 3. The Hall–Kier alpha value is -2.82. The molecular formula is C15H14N4O. The minimum atomic E-state index is -0.136. The fourth-order valence-electron chi connectivity index (χ4n) is 2.08. The molecule has 0 aliphatic rings. The third-order valence-electron chi connectivity index (χ3n) is 3.00.